The Morgan fingerprint density at radius 1 is 0.881 bits per heavy atom. The molecule has 5 aromatic rings. The van der Waals surface area contributed by atoms with Crippen LogP contribution in [0.4, 0.5) is 10.1 Å². The molecule has 0 aliphatic heterocycles. The molecule has 0 spiro atoms. The molecule has 9 heteroatoms. The zero-order chi connectivity index (χ0) is 29.5. The molecule has 1 amide bonds. The number of nitrogens with one attached hydrogen (secondary N) is 1. The molecule has 0 aliphatic carbocycles. The van der Waals surface area contributed by atoms with Gasteiger partial charge >= 0.3 is 0 Å². The van der Waals surface area contributed by atoms with Crippen molar-refractivity contribution in [1.29, 1.82) is 0 Å². The van der Waals surface area contributed by atoms with Crippen LogP contribution in [-0.2, 0) is 21.4 Å². The highest BCUT2D eigenvalue weighted by molar-refractivity contribution is 7.92. The van der Waals surface area contributed by atoms with E-state index in [9.17, 15) is 17.6 Å². The maximum atomic E-state index is 14.6. The summed E-state index contributed by atoms with van der Waals surface area (Å²) in [5.41, 5.74) is 4.72. The lowest BCUT2D eigenvalue weighted by atomic mass is 10.1. The molecule has 0 unspecified atom stereocenters. The number of carbonyl (C=O) groups excluding carboxylic acids is 1. The summed E-state index contributed by atoms with van der Waals surface area (Å²) in [6.45, 7) is 1.56. The van der Waals surface area contributed by atoms with Crippen LogP contribution in [0.5, 0.6) is 5.75 Å². The van der Waals surface area contributed by atoms with E-state index < -0.39 is 28.3 Å². The molecule has 0 aliphatic rings. The average molecular weight is 582 g/mol. The van der Waals surface area contributed by atoms with Gasteiger partial charge in [-0.25, -0.2) is 18.2 Å². The Labute approximate surface area is 243 Å². The number of carbonyl (C=O) groups is 1. The van der Waals surface area contributed by atoms with Crippen LogP contribution in [0.2, 0.25) is 0 Å². The van der Waals surface area contributed by atoms with E-state index in [4.69, 9.17) is 4.74 Å². The van der Waals surface area contributed by atoms with Gasteiger partial charge in [-0.15, -0.1) is 0 Å². The summed E-state index contributed by atoms with van der Waals surface area (Å²) in [6, 6.07) is 32.9. The van der Waals surface area contributed by atoms with E-state index in [2.05, 4.69) is 28.7 Å². The zero-order valence-corrected chi connectivity index (χ0v) is 23.6. The third-order valence-corrected chi connectivity index (χ3v) is 8.35. The van der Waals surface area contributed by atoms with Crippen LogP contribution in [0, 0.1) is 12.7 Å². The molecule has 42 heavy (non-hydrogen) atoms. The third kappa shape index (κ3) is 6.64. The first kappa shape index (κ1) is 28.5. The van der Waals surface area contributed by atoms with Crippen molar-refractivity contribution in [2.24, 2.45) is 5.10 Å². The van der Waals surface area contributed by atoms with Gasteiger partial charge in [-0.2, -0.15) is 5.10 Å². The van der Waals surface area contributed by atoms with Crippen molar-refractivity contribution < 1.29 is 22.3 Å². The second kappa shape index (κ2) is 12.7. The first-order valence-electron chi connectivity index (χ1n) is 13.2. The van der Waals surface area contributed by atoms with Crippen LogP contribution in [0.1, 0.15) is 16.7 Å². The van der Waals surface area contributed by atoms with E-state index in [1.54, 1.807) is 36.4 Å². The molecule has 0 fully saturated rings. The summed E-state index contributed by atoms with van der Waals surface area (Å²) in [5.74, 6) is -0.835. The van der Waals surface area contributed by atoms with Gasteiger partial charge < -0.3 is 4.74 Å². The van der Waals surface area contributed by atoms with Crippen molar-refractivity contribution in [2.45, 2.75) is 18.4 Å². The minimum atomic E-state index is -4.24. The highest BCUT2D eigenvalue weighted by Crippen LogP contribution is 2.26. The van der Waals surface area contributed by atoms with E-state index >= 15 is 0 Å². The number of nitrogens with zero attached hydrogens (tertiary/aromatic N) is 2. The normalized spacial score (nSPS) is 11.5. The standard InChI is InChI=1S/C33H28FN3O4S/c1-24-13-19-29(20-14-24)42(39,40)37(32-12-5-4-11-31(32)34)22-33(38)36-35-21-25-15-17-28(18-16-25)41-23-27-9-6-8-26-7-2-3-10-30(26)27/h2-21H,22-23H2,1H3,(H,36,38)/b35-21-. The van der Waals surface area contributed by atoms with Crippen molar-refractivity contribution in [3.05, 3.63) is 138 Å². The van der Waals surface area contributed by atoms with Crippen LogP contribution >= 0.6 is 0 Å². The number of sulfonamides is 1. The highest BCUT2D eigenvalue weighted by Gasteiger charge is 2.29. The van der Waals surface area contributed by atoms with Gasteiger partial charge in [-0.05, 0) is 77.4 Å². The Hall–Kier alpha value is -5.02. The van der Waals surface area contributed by atoms with Gasteiger partial charge in [0, 0.05) is 0 Å². The summed E-state index contributed by atoms with van der Waals surface area (Å²) >= 11 is 0. The summed E-state index contributed by atoms with van der Waals surface area (Å²) in [5, 5.41) is 6.24. The minimum Gasteiger partial charge on any atom is -0.489 e. The lowest BCUT2D eigenvalue weighted by Crippen LogP contribution is -2.40. The molecule has 0 heterocycles. The molecule has 0 saturated heterocycles. The summed E-state index contributed by atoms with van der Waals surface area (Å²) < 4.78 is 48.1. The summed E-state index contributed by atoms with van der Waals surface area (Å²) in [6.07, 6.45) is 1.42. The first-order valence-corrected chi connectivity index (χ1v) is 14.6. The van der Waals surface area contributed by atoms with Crippen molar-refractivity contribution >= 4 is 38.6 Å². The molecule has 7 nitrogen and oxygen atoms in total. The smallest absolute Gasteiger partial charge is 0.264 e. The number of para-hydroxylation sites is 1. The number of fused-ring (bicyclic) bond motifs is 1. The average Bonchev–Trinajstić information content (AvgIpc) is 3.00. The second-order valence-corrected chi connectivity index (χ2v) is 11.4. The van der Waals surface area contributed by atoms with Crippen molar-refractivity contribution in [1.82, 2.24) is 5.43 Å². The summed E-state index contributed by atoms with van der Waals surface area (Å²) in [4.78, 5) is 12.7. The van der Waals surface area contributed by atoms with Crippen LogP contribution in [0.3, 0.4) is 0 Å². The van der Waals surface area contributed by atoms with Gasteiger partial charge in [0.1, 0.15) is 24.7 Å². The molecule has 212 valence electrons. The SMILES string of the molecule is Cc1ccc(S(=O)(=O)N(CC(=O)N/N=C\c2ccc(OCc3cccc4ccccc34)cc2)c2ccccc2F)cc1. The number of hydrogen-bond acceptors (Lipinski definition) is 5. The van der Waals surface area contributed by atoms with E-state index in [0.717, 1.165) is 32.3 Å². The molecular weight excluding hydrogens is 553 g/mol. The molecule has 5 aromatic carbocycles. The Morgan fingerprint density at radius 2 is 1.57 bits per heavy atom. The Kier molecular flexibility index (Phi) is 8.59. The van der Waals surface area contributed by atoms with E-state index in [-0.39, 0.29) is 10.6 Å². The maximum absolute atomic E-state index is 14.6. The van der Waals surface area contributed by atoms with Crippen LogP contribution in [0.25, 0.3) is 10.8 Å². The number of hydrogen-bond donors (Lipinski definition) is 1. The van der Waals surface area contributed by atoms with Gasteiger partial charge in [-0.3, -0.25) is 9.10 Å². The number of benzene rings is 5. The fraction of sp³-hybridized carbons (Fsp3) is 0.0909. The maximum Gasteiger partial charge on any atom is 0.264 e. The third-order valence-electron chi connectivity index (χ3n) is 6.57. The van der Waals surface area contributed by atoms with Crippen LogP contribution in [0.15, 0.2) is 125 Å². The van der Waals surface area contributed by atoms with Gasteiger partial charge in [0.05, 0.1) is 16.8 Å². The fourth-order valence-electron chi connectivity index (χ4n) is 4.37. The highest BCUT2D eigenvalue weighted by atomic mass is 32.2. The number of anilines is 1. The molecule has 0 saturated carbocycles. The molecule has 0 aromatic heterocycles. The van der Waals surface area contributed by atoms with E-state index in [1.165, 1.54) is 36.5 Å². The molecular formula is C33H28FN3O4S. The van der Waals surface area contributed by atoms with Gasteiger partial charge in [-0.1, -0.05) is 72.3 Å². The number of halogens is 1. The molecule has 0 atom stereocenters. The lowest BCUT2D eigenvalue weighted by Gasteiger charge is -2.24. The lowest BCUT2D eigenvalue weighted by molar-refractivity contribution is -0.119. The zero-order valence-electron chi connectivity index (χ0n) is 22.8. The predicted octanol–water partition coefficient (Wildman–Crippen LogP) is 6.21. The number of amides is 1. The number of aryl methyl sites for hydroxylation is 1. The largest absolute Gasteiger partial charge is 0.489 e. The number of hydrazone groups is 1. The number of rotatable bonds is 10. The number of ether oxygens (including phenoxy) is 1. The molecule has 1 N–H and O–H groups in total. The Bertz CT molecular complexity index is 1840. The van der Waals surface area contributed by atoms with Gasteiger partial charge in [0.2, 0.25) is 0 Å². The van der Waals surface area contributed by atoms with Crippen LogP contribution in [-0.4, -0.2) is 27.1 Å². The minimum absolute atomic E-state index is 0.0598. The first-order chi connectivity index (χ1) is 20.3. The second-order valence-electron chi connectivity index (χ2n) is 9.57. The summed E-state index contributed by atoms with van der Waals surface area (Å²) in [7, 11) is -4.24. The van der Waals surface area contributed by atoms with Gasteiger partial charge in [0.15, 0.2) is 0 Å². The Morgan fingerprint density at radius 3 is 2.33 bits per heavy atom. The van der Waals surface area contributed by atoms with E-state index in [1.807, 2.05) is 31.2 Å². The van der Waals surface area contributed by atoms with Gasteiger partial charge in [0.25, 0.3) is 15.9 Å². The predicted molar refractivity (Wildman–Crippen MR) is 163 cm³/mol. The van der Waals surface area contributed by atoms with Crippen molar-refractivity contribution in [3.63, 3.8) is 0 Å². The van der Waals surface area contributed by atoms with Crippen LogP contribution < -0.4 is 14.5 Å². The van der Waals surface area contributed by atoms with Crippen molar-refractivity contribution in [2.75, 3.05) is 10.8 Å². The molecule has 5 rings (SSSR count). The topological polar surface area (TPSA) is 88.1 Å². The quantitative estimate of drug-likeness (QED) is 0.157. The Balaban J connectivity index is 1.23. The molecule has 0 radical (unpaired) electrons. The van der Waals surface area contributed by atoms with Crippen molar-refractivity contribution in [3.8, 4) is 5.75 Å². The molecule has 0 bridgehead atoms. The fourth-order valence-corrected chi connectivity index (χ4v) is 5.79. The van der Waals surface area contributed by atoms with E-state index in [0.29, 0.717) is 17.9 Å². The monoisotopic (exact) mass is 581 g/mol.